The van der Waals surface area contributed by atoms with Gasteiger partial charge in [0.05, 0.1) is 17.4 Å². The SMILES string of the molecule is CCC(CC(CC(C)C(=O)[O-])c1ccc(S(=O)(=O)[O-])cc1)C(=O)OCC1CO1.[Na+].[Na+]. The molecule has 0 aliphatic carbocycles. The van der Waals surface area contributed by atoms with Gasteiger partial charge in [0, 0.05) is 5.97 Å². The molecule has 0 N–H and O–H groups in total. The molecule has 1 heterocycles. The Hall–Kier alpha value is 0.0300. The number of ether oxygens (including phenoxy) is 2. The van der Waals surface area contributed by atoms with Crippen LogP contribution in [0.15, 0.2) is 29.2 Å². The normalized spacial score (nSPS) is 18.2. The second kappa shape index (κ2) is 13.5. The molecule has 0 amide bonds. The van der Waals surface area contributed by atoms with Crippen molar-refractivity contribution < 1.29 is 96.3 Å². The van der Waals surface area contributed by atoms with Gasteiger partial charge in [0.15, 0.2) is 0 Å². The molecule has 2 rings (SSSR count). The van der Waals surface area contributed by atoms with Crippen LogP contribution in [0.25, 0.3) is 0 Å². The second-order valence-corrected chi connectivity index (χ2v) is 8.48. The molecule has 30 heavy (non-hydrogen) atoms. The number of carbonyl (C=O) groups excluding carboxylic acids is 2. The molecule has 4 atom stereocenters. The van der Waals surface area contributed by atoms with Gasteiger partial charge in [0.2, 0.25) is 0 Å². The van der Waals surface area contributed by atoms with Gasteiger partial charge in [0.25, 0.3) is 0 Å². The molecule has 4 unspecified atom stereocenters. The third-order valence-corrected chi connectivity index (χ3v) is 5.74. The average Bonchev–Trinajstić information content (AvgIpc) is 3.46. The van der Waals surface area contributed by atoms with E-state index in [2.05, 4.69) is 0 Å². The van der Waals surface area contributed by atoms with Crippen LogP contribution in [0.1, 0.15) is 44.6 Å². The second-order valence-electron chi connectivity index (χ2n) is 7.10. The first kappa shape index (κ1) is 30.0. The maximum Gasteiger partial charge on any atom is 1.00 e. The number of carboxylic acids is 1. The third kappa shape index (κ3) is 9.67. The molecular weight excluding hydrogens is 434 g/mol. The molecule has 0 bridgehead atoms. The van der Waals surface area contributed by atoms with Gasteiger partial charge >= 0.3 is 65.1 Å². The molecule has 1 aliphatic heterocycles. The van der Waals surface area contributed by atoms with Crippen LogP contribution < -0.4 is 64.2 Å². The predicted octanol–water partition coefficient (Wildman–Crippen LogP) is -5.18. The first-order valence-electron chi connectivity index (χ1n) is 9.16. The van der Waals surface area contributed by atoms with Gasteiger partial charge < -0.3 is 23.9 Å². The van der Waals surface area contributed by atoms with E-state index in [1.165, 1.54) is 31.2 Å². The maximum absolute atomic E-state index is 12.4. The largest absolute Gasteiger partial charge is 1.00 e. The fraction of sp³-hybridized carbons (Fsp3) is 0.579. The predicted molar refractivity (Wildman–Crippen MR) is 95.0 cm³/mol. The number of carbonyl (C=O) groups is 2. The Morgan fingerprint density at radius 1 is 1.20 bits per heavy atom. The summed E-state index contributed by atoms with van der Waals surface area (Å²) in [6.45, 7) is 4.13. The minimum Gasteiger partial charge on any atom is -0.744 e. The minimum atomic E-state index is -4.57. The Morgan fingerprint density at radius 2 is 1.77 bits per heavy atom. The quantitative estimate of drug-likeness (QED) is 0.139. The van der Waals surface area contributed by atoms with E-state index < -0.39 is 27.9 Å². The Morgan fingerprint density at radius 3 is 2.20 bits per heavy atom. The summed E-state index contributed by atoms with van der Waals surface area (Å²) in [6.07, 6.45) is 1.01. The van der Waals surface area contributed by atoms with E-state index in [0.29, 0.717) is 25.0 Å². The van der Waals surface area contributed by atoms with Crippen molar-refractivity contribution in [2.24, 2.45) is 11.8 Å². The number of aliphatic carboxylic acids is 1. The van der Waals surface area contributed by atoms with Crippen LogP contribution in [-0.2, 0) is 29.2 Å². The molecule has 11 heteroatoms. The standard InChI is InChI=1S/C19H26O8S.2Na/c1-3-13(19(22)27-11-16-10-26-16)9-15(8-12(2)18(20)21)14-4-6-17(7-5-14)28(23,24)25;;/h4-7,12-13,15-16H,3,8-11H2,1-2H3,(H,20,21)(H,23,24,25);;/q;2*+1/p-2. The minimum absolute atomic E-state index is 0. The van der Waals surface area contributed by atoms with Crippen molar-refractivity contribution in [2.45, 2.75) is 50.0 Å². The first-order chi connectivity index (χ1) is 13.1. The van der Waals surface area contributed by atoms with Gasteiger partial charge in [-0.15, -0.1) is 0 Å². The van der Waals surface area contributed by atoms with Gasteiger partial charge in [-0.3, -0.25) is 4.79 Å². The molecule has 1 saturated heterocycles. The summed E-state index contributed by atoms with van der Waals surface area (Å²) in [4.78, 5) is 23.2. The third-order valence-electron chi connectivity index (χ3n) is 4.89. The van der Waals surface area contributed by atoms with E-state index in [1.54, 1.807) is 0 Å². The van der Waals surface area contributed by atoms with E-state index in [0.717, 1.165) is 0 Å². The van der Waals surface area contributed by atoms with Crippen LogP contribution >= 0.6 is 0 Å². The first-order valence-corrected chi connectivity index (χ1v) is 10.6. The number of hydrogen-bond acceptors (Lipinski definition) is 8. The van der Waals surface area contributed by atoms with Gasteiger partial charge in [-0.25, -0.2) is 8.42 Å². The molecule has 0 spiro atoms. The molecule has 1 aromatic rings. The van der Waals surface area contributed by atoms with Crippen molar-refractivity contribution in [1.82, 2.24) is 0 Å². The summed E-state index contributed by atoms with van der Waals surface area (Å²) < 4.78 is 43.6. The molecule has 1 aromatic carbocycles. The molecule has 0 saturated carbocycles. The zero-order valence-electron chi connectivity index (χ0n) is 17.8. The fourth-order valence-corrected chi connectivity index (χ4v) is 3.50. The summed E-state index contributed by atoms with van der Waals surface area (Å²) >= 11 is 0. The molecular formula is C19H24Na2O8S. The van der Waals surface area contributed by atoms with Crippen molar-refractivity contribution in [3.05, 3.63) is 29.8 Å². The smallest absolute Gasteiger partial charge is 0.744 e. The Balaban J connectivity index is 0.00000420. The molecule has 156 valence electrons. The summed E-state index contributed by atoms with van der Waals surface area (Å²) in [5.74, 6) is -3.12. The number of rotatable bonds is 11. The average molecular weight is 458 g/mol. The number of hydrogen-bond donors (Lipinski definition) is 0. The van der Waals surface area contributed by atoms with E-state index >= 15 is 0 Å². The fourth-order valence-electron chi connectivity index (χ4n) is 3.03. The van der Waals surface area contributed by atoms with Crippen molar-refractivity contribution in [3.63, 3.8) is 0 Å². The maximum atomic E-state index is 12.4. The molecule has 8 nitrogen and oxygen atoms in total. The number of esters is 1. The van der Waals surface area contributed by atoms with Gasteiger partial charge in [-0.05, 0) is 48.8 Å². The van der Waals surface area contributed by atoms with Gasteiger partial charge in [0.1, 0.15) is 22.8 Å². The van der Waals surface area contributed by atoms with E-state index in [9.17, 15) is 27.7 Å². The van der Waals surface area contributed by atoms with E-state index in [4.69, 9.17) is 9.47 Å². The summed E-state index contributed by atoms with van der Waals surface area (Å²) in [5.41, 5.74) is 0.650. The van der Waals surface area contributed by atoms with Crippen molar-refractivity contribution in [3.8, 4) is 0 Å². The molecule has 1 fully saturated rings. The Kier molecular flexibility index (Phi) is 13.6. The molecule has 0 radical (unpaired) electrons. The number of benzene rings is 1. The Bertz CT molecular complexity index is 793. The van der Waals surface area contributed by atoms with Crippen molar-refractivity contribution in [2.75, 3.05) is 13.2 Å². The van der Waals surface area contributed by atoms with Crippen molar-refractivity contribution >= 4 is 22.1 Å². The number of epoxide rings is 1. The van der Waals surface area contributed by atoms with Crippen LogP contribution in [0.4, 0.5) is 0 Å². The number of carboxylic acid groups (broad SMARTS) is 1. The monoisotopic (exact) mass is 458 g/mol. The van der Waals surface area contributed by atoms with E-state index in [1.807, 2.05) is 6.92 Å². The van der Waals surface area contributed by atoms with Crippen LogP contribution in [0, 0.1) is 11.8 Å². The topological polar surface area (TPSA) is 136 Å². The van der Waals surface area contributed by atoms with Gasteiger partial charge in [-0.1, -0.05) is 26.0 Å². The summed E-state index contributed by atoms with van der Waals surface area (Å²) in [5, 5.41) is 11.2. The van der Waals surface area contributed by atoms with Crippen LogP contribution in [-0.4, -0.2) is 44.2 Å². The van der Waals surface area contributed by atoms with Crippen molar-refractivity contribution in [1.29, 1.82) is 0 Å². The zero-order chi connectivity index (χ0) is 20.9. The Labute approximate surface area is 221 Å². The zero-order valence-corrected chi connectivity index (χ0v) is 22.6. The van der Waals surface area contributed by atoms with Gasteiger partial charge in [-0.2, -0.15) is 0 Å². The summed E-state index contributed by atoms with van der Waals surface area (Å²) in [7, 11) is -4.57. The van der Waals surface area contributed by atoms with E-state index in [-0.39, 0.29) is 95.0 Å². The van der Waals surface area contributed by atoms with Crippen LogP contribution in [0.5, 0.6) is 0 Å². The molecule has 1 aliphatic rings. The molecule has 0 aromatic heterocycles. The van der Waals surface area contributed by atoms with Crippen LogP contribution in [0.3, 0.4) is 0 Å². The summed E-state index contributed by atoms with van der Waals surface area (Å²) in [6, 6.07) is 5.34. The van der Waals surface area contributed by atoms with Crippen LogP contribution in [0.2, 0.25) is 0 Å².